The molecule has 8 heteroatoms. The Morgan fingerprint density at radius 2 is 1.63 bits per heavy atom. The monoisotopic (exact) mass is 600 g/mol. The molecule has 226 valence electrons. The maximum absolute atomic E-state index is 13.7. The smallest absolute Gasteiger partial charge is 0.255 e. The van der Waals surface area contributed by atoms with Gasteiger partial charge in [-0.15, -0.1) is 0 Å². The molecule has 2 aromatic rings. The van der Waals surface area contributed by atoms with Gasteiger partial charge in [-0.1, -0.05) is 61.4 Å². The summed E-state index contributed by atoms with van der Waals surface area (Å²) in [4.78, 5) is 44.8. The van der Waals surface area contributed by atoms with Crippen LogP contribution in [0.5, 0.6) is 0 Å². The zero-order valence-electron chi connectivity index (χ0n) is 25.2. The Kier molecular flexibility index (Phi) is 7.47. The zero-order valence-corrected chi connectivity index (χ0v) is 26.0. The minimum Gasteiger partial charge on any atom is -0.322 e. The first-order valence-corrected chi connectivity index (χ1v) is 16.2. The molecule has 1 aliphatic carbocycles. The van der Waals surface area contributed by atoms with Crippen LogP contribution in [0.25, 0.3) is 5.57 Å². The summed E-state index contributed by atoms with van der Waals surface area (Å²) in [5.74, 6) is -0.695. The van der Waals surface area contributed by atoms with Gasteiger partial charge in [0.1, 0.15) is 6.04 Å². The number of allylic oxidation sites excluding steroid dienone is 1. The molecule has 4 saturated heterocycles. The minimum absolute atomic E-state index is 0.0780. The molecule has 5 aliphatic heterocycles. The second kappa shape index (κ2) is 11.2. The van der Waals surface area contributed by atoms with Crippen molar-refractivity contribution in [3.05, 3.63) is 75.3 Å². The van der Waals surface area contributed by atoms with Crippen LogP contribution in [0.15, 0.2) is 48.0 Å². The number of hydrogen-bond acceptors (Lipinski definition) is 5. The summed E-state index contributed by atoms with van der Waals surface area (Å²) in [7, 11) is 0. The third-order valence-electron chi connectivity index (χ3n) is 10.5. The van der Waals surface area contributed by atoms with Gasteiger partial charge in [0.15, 0.2) is 0 Å². The predicted molar refractivity (Wildman–Crippen MR) is 167 cm³/mol. The Morgan fingerprint density at radius 1 is 0.907 bits per heavy atom. The lowest BCUT2D eigenvalue weighted by Gasteiger charge is -2.52. The predicted octanol–water partition coefficient (Wildman–Crippen LogP) is 5.41. The van der Waals surface area contributed by atoms with E-state index < -0.39 is 6.04 Å². The third kappa shape index (κ3) is 5.56. The zero-order chi connectivity index (χ0) is 29.9. The molecule has 3 atom stereocenters. The van der Waals surface area contributed by atoms with Crippen LogP contribution in [-0.2, 0) is 22.7 Å². The lowest BCUT2D eigenvalue weighted by Crippen LogP contribution is -2.62. The highest BCUT2D eigenvalue weighted by Gasteiger charge is 2.43. The number of nitrogens with one attached hydrogen (secondary N) is 1. The van der Waals surface area contributed by atoms with E-state index in [4.69, 9.17) is 11.6 Å². The van der Waals surface area contributed by atoms with E-state index in [1.807, 2.05) is 24.3 Å². The largest absolute Gasteiger partial charge is 0.322 e. The van der Waals surface area contributed by atoms with Crippen LogP contribution >= 0.6 is 11.6 Å². The average molecular weight is 601 g/mol. The number of benzene rings is 2. The van der Waals surface area contributed by atoms with Gasteiger partial charge in [-0.25, -0.2) is 0 Å². The average Bonchev–Trinajstić information content (AvgIpc) is 3.32. The number of rotatable bonds is 6. The fraction of sp³-hybridized carbons (Fsp3) is 0.514. The summed E-state index contributed by atoms with van der Waals surface area (Å²) in [6, 6.07) is 14.9. The molecule has 1 N–H and O–H groups in total. The number of carbonyl (C=O) groups is 3. The normalized spacial score (nSPS) is 27.6. The van der Waals surface area contributed by atoms with Crippen LogP contribution < -0.4 is 5.32 Å². The third-order valence-corrected chi connectivity index (χ3v) is 10.8. The molecule has 4 fully saturated rings. The van der Waals surface area contributed by atoms with Gasteiger partial charge < -0.3 is 4.90 Å². The Bertz CT molecular complexity index is 1500. The first-order valence-electron chi connectivity index (χ1n) is 15.9. The minimum atomic E-state index is -0.581. The van der Waals surface area contributed by atoms with E-state index in [2.05, 4.69) is 47.2 Å². The van der Waals surface area contributed by atoms with Gasteiger partial charge in [0.25, 0.3) is 5.91 Å². The fourth-order valence-corrected chi connectivity index (χ4v) is 8.27. The lowest BCUT2D eigenvalue weighted by atomic mass is 9.72. The highest BCUT2D eigenvalue weighted by atomic mass is 35.5. The molecule has 2 aromatic carbocycles. The van der Waals surface area contributed by atoms with Gasteiger partial charge in [0.2, 0.25) is 11.8 Å². The number of amides is 3. The molecule has 7 nitrogen and oxygen atoms in total. The SMILES string of the molecule is CC1(C)CCC(CN2CC3CCC2CN3Cc2cccc3c2C(=O)N(C2CCC(=O)NC2=O)C3)=C(c2ccc(Cl)cc2)C1. The van der Waals surface area contributed by atoms with Gasteiger partial charge in [-0.3, -0.25) is 29.5 Å². The van der Waals surface area contributed by atoms with Gasteiger partial charge in [-0.05, 0) is 78.3 Å². The molecule has 8 rings (SSSR count). The van der Waals surface area contributed by atoms with Crippen LogP contribution in [0, 0.1) is 5.41 Å². The van der Waals surface area contributed by atoms with E-state index in [1.54, 1.807) is 10.5 Å². The number of piperidine rings is 3. The molecule has 5 heterocycles. The maximum atomic E-state index is 13.7. The molecular weight excluding hydrogens is 560 g/mol. The van der Waals surface area contributed by atoms with Crippen molar-refractivity contribution in [1.82, 2.24) is 20.0 Å². The molecule has 0 radical (unpaired) electrons. The number of nitrogens with zero attached hydrogens (tertiary/aromatic N) is 3. The number of imide groups is 1. The van der Waals surface area contributed by atoms with Crippen molar-refractivity contribution in [2.75, 3.05) is 19.6 Å². The van der Waals surface area contributed by atoms with Crippen molar-refractivity contribution in [3.8, 4) is 0 Å². The summed E-state index contributed by atoms with van der Waals surface area (Å²) in [5.41, 5.74) is 7.50. The molecule has 0 saturated carbocycles. The molecule has 6 aliphatic rings. The van der Waals surface area contributed by atoms with Crippen molar-refractivity contribution < 1.29 is 14.4 Å². The van der Waals surface area contributed by atoms with Crippen molar-refractivity contribution >= 4 is 34.9 Å². The van der Waals surface area contributed by atoms with Gasteiger partial charge in [0.05, 0.1) is 0 Å². The van der Waals surface area contributed by atoms with Crippen molar-refractivity contribution in [1.29, 1.82) is 0 Å². The Labute approximate surface area is 259 Å². The molecular formula is C35H41ClN4O3. The van der Waals surface area contributed by atoms with Crippen molar-refractivity contribution in [3.63, 3.8) is 0 Å². The van der Waals surface area contributed by atoms with Crippen molar-refractivity contribution in [2.45, 2.75) is 90.0 Å². The quantitative estimate of drug-likeness (QED) is 0.449. The van der Waals surface area contributed by atoms with Gasteiger partial charge >= 0.3 is 0 Å². The summed E-state index contributed by atoms with van der Waals surface area (Å²) in [6.07, 6.45) is 6.52. The van der Waals surface area contributed by atoms with Crippen LogP contribution in [0.4, 0.5) is 0 Å². The van der Waals surface area contributed by atoms with E-state index in [-0.39, 0.29) is 24.1 Å². The highest BCUT2D eigenvalue weighted by molar-refractivity contribution is 6.30. The summed E-state index contributed by atoms with van der Waals surface area (Å²) in [5, 5.41) is 3.19. The number of carbonyl (C=O) groups excluding carboxylic acids is 3. The number of piperazine rings is 1. The Morgan fingerprint density at radius 3 is 2.33 bits per heavy atom. The van der Waals surface area contributed by atoms with Crippen LogP contribution in [-0.4, -0.2) is 70.2 Å². The lowest BCUT2D eigenvalue weighted by molar-refractivity contribution is -0.136. The Hall–Kier alpha value is -3.00. The standard InChI is InChI=1S/C35H41ClN4O3/c1-35(2)15-14-23(29(16-35)22-6-8-26(36)9-7-22)17-38-20-28-11-10-27(38)21-39(28)18-24-4-3-5-25-19-40(34(43)32(24)25)30-12-13-31(41)37-33(30)42/h3-9,27-28,30H,10-21H2,1-2H3,(H,37,41,42). The number of hydrogen-bond donors (Lipinski definition) is 1. The van der Waals surface area contributed by atoms with E-state index in [0.717, 1.165) is 60.7 Å². The molecule has 3 unspecified atom stereocenters. The van der Waals surface area contributed by atoms with Crippen LogP contribution in [0.1, 0.15) is 85.8 Å². The number of fused-ring (bicyclic) bond motifs is 4. The molecule has 3 amide bonds. The van der Waals surface area contributed by atoms with E-state index >= 15 is 0 Å². The summed E-state index contributed by atoms with van der Waals surface area (Å²) in [6.45, 7) is 9.04. The second-order valence-electron chi connectivity index (χ2n) is 14.0. The Balaban J connectivity index is 1.06. The van der Waals surface area contributed by atoms with Gasteiger partial charge in [-0.2, -0.15) is 0 Å². The van der Waals surface area contributed by atoms with Crippen LogP contribution in [0.3, 0.4) is 0 Å². The number of halogens is 1. The summed E-state index contributed by atoms with van der Waals surface area (Å²) >= 11 is 6.23. The second-order valence-corrected chi connectivity index (χ2v) is 14.5. The highest BCUT2D eigenvalue weighted by Crippen LogP contribution is 2.44. The molecule has 43 heavy (non-hydrogen) atoms. The van der Waals surface area contributed by atoms with Crippen LogP contribution in [0.2, 0.25) is 5.02 Å². The topological polar surface area (TPSA) is 73.0 Å². The summed E-state index contributed by atoms with van der Waals surface area (Å²) < 4.78 is 0. The fourth-order valence-electron chi connectivity index (χ4n) is 8.14. The molecule has 2 bridgehead atoms. The van der Waals surface area contributed by atoms with E-state index in [0.29, 0.717) is 30.5 Å². The van der Waals surface area contributed by atoms with Gasteiger partial charge in [0, 0.05) is 61.8 Å². The first kappa shape index (κ1) is 28.8. The first-order chi connectivity index (χ1) is 20.6. The van der Waals surface area contributed by atoms with Crippen molar-refractivity contribution in [2.24, 2.45) is 5.41 Å². The maximum Gasteiger partial charge on any atom is 0.255 e. The molecule has 0 aromatic heterocycles. The van der Waals surface area contributed by atoms with E-state index in [1.165, 1.54) is 30.4 Å². The molecule has 0 spiro atoms. The van der Waals surface area contributed by atoms with E-state index in [9.17, 15) is 14.4 Å².